The van der Waals surface area contributed by atoms with Gasteiger partial charge in [0.1, 0.15) is 23.2 Å². The molecule has 0 aliphatic carbocycles. The van der Waals surface area contributed by atoms with Gasteiger partial charge in [0.25, 0.3) is 0 Å². The van der Waals surface area contributed by atoms with E-state index in [0.29, 0.717) is 54.3 Å². The smallest absolute Gasteiger partial charge is 0.419 e. The Balaban J connectivity index is 1.47. The quantitative estimate of drug-likeness (QED) is 0.413. The van der Waals surface area contributed by atoms with Gasteiger partial charge in [-0.15, -0.1) is 0 Å². The molecule has 2 aromatic carbocycles. The van der Waals surface area contributed by atoms with E-state index in [2.05, 4.69) is 10.3 Å². The maximum absolute atomic E-state index is 15.4. The topological polar surface area (TPSA) is 76.6 Å². The van der Waals surface area contributed by atoms with Crippen molar-refractivity contribution in [1.29, 1.82) is 0 Å². The zero-order valence-electron chi connectivity index (χ0n) is 20.9. The number of para-hydroxylation sites is 1. The third-order valence-corrected chi connectivity index (χ3v) is 7.62. The molecule has 3 aromatic rings. The van der Waals surface area contributed by atoms with E-state index in [1.54, 1.807) is 19.1 Å². The standard InChI is InChI=1S/C27H26F4N4O3/c1-14-6-7-38-23-16(4-3-5-18(23)27(29,30)31)15(2)32-25-17-8-21(19(28)9-20(17)33-24(14)34-25)35-11-26(10-22(35)36)12-37-13-26/h3-5,8-9,14-15H,6-7,10-13H2,1-2H3,(H,32,33,34)/t14-,15-/m1/s1. The van der Waals surface area contributed by atoms with Crippen LogP contribution in [0, 0.1) is 11.2 Å². The number of hydrogen-bond acceptors (Lipinski definition) is 6. The average molecular weight is 531 g/mol. The number of aromatic nitrogens is 2. The molecule has 2 saturated heterocycles. The molecule has 3 aliphatic heterocycles. The van der Waals surface area contributed by atoms with E-state index >= 15 is 4.39 Å². The first-order valence-corrected chi connectivity index (χ1v) is 12.5. The fraction of sp³-hybridized carbons (Fsp3) is 0.444. The van der Waals surface area contributed by atoms with Crippen LogP contribution in [-0.2, 0) is 15.7 Å². The van der Waals surface area contributed by atoms with Crippen LogP contribution in [0.15, 0.2) is 30.3 Å². The molecule has 2 fully saturated rings. The van der Waals surface area contributed by atoms with E-state index in [0.717, 1.165) is 6.07 Å². The lowest BCUT2D eigenvalue weighted by Crippen LogP contribution is -2.44. The van der Waals surface area contributed by atoms with E-state index in [4.69, 9.17) is 14.5 Å². The number of carbonyl (C=O) groups is 1. The summed E-state index contributed by atoms with van der Waals surface area (Å²) in [6.45, 7) is 4.86. The molecule has 2 atom stereocenters. The molecular formula is C27H26F4N4O3. The van der Waals surface area contributed by atoms with Crippen LogP contribution in [0.3, 0.4) is 0 Å². The van der Waals surface area contributed by atoms with Crippen molar-refractivity contribution in [3.8, 4) is 5.75 Å². The summed E-state index contributed by atoms with van der Waals surface area (Å²) in [6, 6.07) is 6.15. The number of nitrogens with zero attached hydrogens (tertiary/aromatic N) is 3. The number of carbonyl (C=O) groups excluding carboxylic acids is 1. The first kappa shape index (κ1) is 24.8. The Kier molecular flexibility index (Phi) is 5.75. The molecule has 6 rings (SSSR count). The summed E-state index contributed by atoms with van der Waals surface area (Å²) in [5, 5.41) is 3.69. The number of amides is 1. The molecule has 1 N–H and O–H groups in total. The number of benzene rings is 2. The highest BCUT2D eigenvalue weighted by Crippen LogP contribution is 2.44. The molecule has 3 aliphatic rings. The Bertz CT molecular complexity index is 1440. The maximum Gasteiger partial charge on any atom is 0.419 e. The Morgan fingerprint density at radius 1 is 1.16 bits per heavy atom. The molecule has 0 radical (unpaired) electrons. The van der Waals surface area contributed by atoms with Crippen LogP contribution in [0.2, 0.25) is 0 Å². The van der Waals surface area contributed by atoms with Crippen LogP contribution in [0.4, 0.5) is 29.1 Å². The summed E-state index contributed by atoms with van der Waals surface area (Å²) in [5.41, 5.74) is -0.344. The SMILES string of the molecule is C[C@@H]1CCOc2c(cccc2C(F)(F)F)[C@@H](C)Nc2nc1nc1cc(F)c(N3CC4(COC4)CC3=O)cc21. The molecule has 1 aromatic heterocycles. The van der Waals surface area contributed by atoms with Gasteiger partial charge in [-0.1, -0.05) is 19.1 Å². The van der Waals surface area contributed by atoms with Crippen molar-refractivity contribution in [3.05, 3.63) is 53.1 Å². The number of ether oxygens (including phenoxy) is 2. The van der Waals surface area contributed by atoms with Crippen LogP contribution in [0.1, 0.15) is 55.6 Å². The highest BCUT2D eigenvalue weighted by Gasteiger charge is 2.49. The summed E-state index contributed by atoms with van der Waals surface area (Å²) in [4.78, 5) is 23.5. The second-order valence-electron chi connectivity index (χ2n) is 10.5. The van der Waals surface area contributed by atoms with Crippen LogP contribution in [-0.4, -0.2) is 42.2 Å². The lowest BCUT2D eigenvalue weighted by Gasteiger charge is -2.37. The summed E-state index contributed by atoms with van der Waals surface area (Å²) in [7, 11) is 0. The molecule has 0 unspecified atom stereocenters. The Morgan fingerprint density at radius 2 is 1.95 bits per heavy atom. The van der Waals surface area contributed by atoms with E-state index in [1.165, 1.54) is 17.0 Å². The van der Waals surface area contributed by atoms with Crippen LogP contribution < -0.4 is 15.0 Å². The Hall–Kier alpha value is -3.47. The first-order chi connectivity index (χ1) is 18.0. The second-order valence-corrected chi connectivity index (χ2v) is 10.5. The number of anilines is 2. The van der Waals surface area contributed by atoms with Gasteiger partial charge in [-0.2, -0.15) is 13.2 Å². The molecule has 38 heavy (non-hydrogen) atoms. The van der Waals surface area contributed by atoms with Gasteiger partial charge in [0, 0.05) is 41.3 Å². The molecule has 0 saturated carbocycles. The number of halogens is 4. The third kappa shape index (κ3) is 4.13. The second kappa shape index (κ2) is 8.79. The van der Waals surface area contributed by atoms with Crippen molar-refractivity contribution in [2.24, 2.45) is 5.41 Å². The summed E-state index contributed by atoms with van der Waals surface area (Å²) in [6.07, 6.45) is -3.94. The van der Waals surface area contributed by atoms with Crippen molar-refractivity contribution in [1.82, 2.24) is 9.97 Å². The predicted octanol–water partition coefficient (Wildman–Crippen LogP) is 5.60. The third-order valence-electron chi connectivity index (χ3n) is 7.62. The molecule has 4 heterocycles. The molecule has 7 nitrogen and oxygen atoms in total. The minimum absolute atomic E-state index is 0.0283. The van der Waals surface area contributed by atoms with Crippen molar-refractivity contribution < 1.29 is 31.8 Å². The van der Waals surface area contributed by atoms with Crippen molar-refractivity contribution in [3.63, 3.8) is 0 Å². The highest BCUT2D eigenvalue weighted by molar-refractivity contribution is 6.00. The van der Waals surface area contributed by atoms with E-state index in [9.17, 15) is 18.0 Å². The van der Waals surface area contributed by atoms with Gasteiger partial charge in [-0.05, 0) is 25.5 Å². The zero-order chi connectivity index (χ0) is 26.8. The van der Waals surface area contributed by atoms with Gasteiger partial charge in [-0.25, -0.2) is 14.4 Å². The molecule has 11 heteroatoms. The van der Waals surface area contributed by atoms with Gasteiger partial charge in [0.05, 0.1) is 42.6 Å². The molecule has 1 spiro atoms. The van der Waals surface area contributed by atoms with Gasteiger partial charge < -0.3 is 19.7 Å². The van der Waals surface area contributed by atoms with Gasteiger partial charge in [-0.3, -0.25) is 4.79 Å². The fourth-order valence-electron chi connectivity index (χ4n) is 5.42. The van der Waals surface area contributed by atoms with E-state index in [-0.39, 0.29) is 41.7 Å². The highest BCUT2D eigenvalue weighted by atomic mass is 19.4. The normalized spacial score (nSPS) is 22.9. The number of fused-ring (bicyclic) bond motifs is 5. The lowest BCUT2D eigenvalue weighted by molar-refractivity contribution is -0.139. The van der Waals surface area contributed by atoms with Crippen molar-refractivity contribution in [2.75, 3.05) is 36.6 Å². The summed E-state index contributed by atoms with van der Waals surface area (Å²) < 4.78 is 67.9. The summed E-state index contributed by atoms with van der Waals surface area (Å²) in [5.74, 6) is -0.473. The van der Waals surface area contributed by atoms with Gasteiger partial charge in [0.15, 0.2) is 0 Å². The Labute approximate surface area is 216 Å². The van der Waals surface area contributed by atoms with Crippen molar-refractivity contribution in [2.45, 2.75) is 44.8 Å². The monoisotopic (exact) mass is 530 g/mol. The van der Waals surface area contributed by atoms with Crippen LogP contribution >= 0.6 is 0 Å². The van der Waals surface area contributed by atoms with Gasteiger partial charge in [0.2, 0.25) is 5.91 Å². The minimum atomic E-state index is -4.58. The zero-order valence-corrected chi connectivity index (χ0v) is 20.9. The molecule has 1 amide bonds. The maximum atomic E-state index is 15.4. The largest absolute Gasteiger partial charge is 0.493 e. The number of alkyl halides is 3. The fourth-order valence-corrected chi connectivity index (χ4v) is 5.42. The number of nitrogens with one attached hydrogen (secondary N) is 1. The van der Waals surface area contributed by atoms with Crippen LogP contribution in [0.25, 0.3) is 10.9 Å². The van der Waals surface area contributed by atoms with E-state index < -0.39 is 23.6 Å². The minimum Gasteiger partial charge on any atom is -0.493 e. The molecular weight excluding hydrogens is 504 g/mol. The van der Waals surface area contributed by atoms with Gasteiger partial charge >= 0.3 is 6.18 Å². The predicted molar refractivity (Wildman–Crippen MR) is 132 cm³/mol. The lowest BCUT2D eigenvalue weighted by atomic mass is 9.85. The summed E-state index contributed by atoms with van der Waals surface area (Å²) >= 11 is 0. The van der Waals surface area contributed by atoms with Crippen LogP contribution in [0.5, 0.6) is 5.75 Å². The number of hydrogen-bond donors (Lipinski definition) is 1. The Morgan fingerprint density at radius 3 is 2.63 bits per heavy atom. The molecule has 200 valence electrons. The number of rotatable bonds is 1. The molecule has 2 bridgehead atoms. The first-order valence-electron chi connectivity index (χ1n) is 12.5. The average Bonchev–Trinajstić information content (AvgIpc) is 3.19. The van der Waals surface area contributed by atoms with E-state index in [1.807, 2.05) is 6.92 Å². The van der Waals surface area contributed by atoms with Crippen molar-refractivity contribution >= 4 is 28.3 Å².